The van der Waals surface area contributed by atoms with Crippen molar-refractivity contribution in [1.82, 2.24) is 4.98 Å². The van der Waals surface area contributed by atoms with Crippen LogP contribution in [0.4, 0.5) is 11.5 Å². The highest BCUT2D eigenvalue weighted by Gasteiger charge is 2.45. The van der Waals surface area contributed by atoms with Gasteiger partial charge in [0.2, 0.25) is 5.91 Å². The summed E-state index contributed by atoms with van der Waals surface area (Å²) in [5.41, 5.74) is 1.53. The number of amides is 2. The molecule has 5 nitrogen and oxygen atoms in total. The number of aromatic nitrogens is 1. The third-order valence-electron chi connectivity index (χ3n) is 3.45. The number of aryl methyl sites for hydroxylation is 1. The van der Waals surface area contributed by atoms with Crippen molar-refractivity contribution in [3.8, 4) is 0 Å². The van der Waals surface area contributed by atoms with E-state index in [-0.39, 0.29) is 11.8 Å². The Morgan fingerprint density at radius 1 is 1.23 bits per heavy atom. The lowest BCUT2D eigenvalue weighted by atomic mass is 10.1. The first-order valence-corrected chi connectivity index (χ1v) is 7.65. The normalized spacial score (nSPS) is 20.0. The zero-order chi connectivity index (χ0) is 15.7. The molecule has 0 fully saturated rings. The molecule has 0 aliphatic carbocycles. The number of carbonyl (C=O) groups is 2. The van der Waals surface area contributed by atoms with E-state index < -0.39 is 4.75 Å². The first kappa shape index (κ1) is 14.6. The van der Waals surface area contributed by atoms with Gasteiger partial charge in [0.1, 0.15) is 5.82 Å². The fraction of sp³-hybridized carbons (Fsp3) is 0.188. The van der Waals surface area contributed by atoms with E-state index in [1.807, 2.05) is 43.3 Å². The average molecular weight is 313 g/mol. The Hall–Kier alpha value is -2.34. The molecule has 1 aromatic heterocycles. The maximum absolute atomic E-state index is 12.6. The minimum absolute atomic E-state index is 0.332. The van der Waals surface area contributed by atoms with E-state index in [2.05, 4.69) is 15.6 Å². The van der Waals surface area contributed by atoms with Crippen LogP contribution in [0.1, 0.15) is 12.6 Å². The van der Waals surface area contributed by atoms with E-state index >= 15 is 0 Å². The molecule has 3 rings (SSSR count). The summed E-state index contributed by atoms with van der Waals surface area (Å²) in [6.07, 6.45) is 0. The maximum Gasteiger partial charge on any atom is 0.251 e. The van der Waals surface area contributed by atoms with Crippen LogP contribution in [0.15, 0.2) is 47.4 Å². The van der Waals surface area contributed by atoms with Crippen LogP contribution in [0.2, 0.25) is 0 Å². The SMILES string of the molecule is Cc1cccc(NC(=O)C2(C)Sc3ccccc3NC2=O)n1. The van der Waals surface area contributed by atoms with E-state index in [4.69, 9.17) is 0 Å². The van der Waals surface area contributed by atoms with Crippen LogP contribution in [0.25, 0.3) is 0 Å². The summed E-state index contributed by atoms with van der Waals surface area (Å²) in [6, 6.07) is 12.8. The van der Waals surface area contributed by atoms with Crippen molar-refractivity contribution in [3.05, 3.63) is 48.2 Å². The Kier molecular flexibility index (Phi) is 3.62. The molecule has 6 heteroatoms. The second-order valence-corrected chi connectivity index (χ2v) is 6.66. The van der Waals surface area contributed by atoms with Gasteiger partial charge in [-0.05, 0) is 38.1 Å². The predicted molar refractivity (Wildman–Crippen MR) is 86.9 cm³/mol. The molecule has 2 aromatic rings. The summed E-state index contributed by atoms with van der Waals surface area (Å²) in [5.74, 6) is -0.276. The minimum Gasteiger partial charge on any atom is -0.323 e. The number of pyridine rings is 1. The highest BCUT2D eigenvalue weighted by molar-refractivity contribution is 8.02. The third kappa shape index (κ3) is 2.57. The van der Waals surface area contributed by atoms with Gasteiger partial charge in [-0.3, -0.25) is 9.59 Å². The third-order valence-corrected chi connectivity index (χ3v) is 4.80. The van der Waals surface area contributed by atoms with Crippen molar-refractivity contribution in [2.75, 3.05) is 10.6 Å². The molecule has 0 bridgehead atoms. The predicted octanol–water partition coefficient (Wildman–Crippen LogP) is 2.83. The largest absolute Gasteiger partial charge is 0.323 e. The zero-order valence-corrected chi connectivity index (χ0v) is 13.0. The Balaban J connectivity index is 1.87. The van der Waals surface area contributed by atoms with Crippen LogP contribution >= 0.6 is 11.8 Å². The molecule has 0 saturated heterocycles. The lowest BCUT2D eigenvalue weighted by Crippen LogP contribution is -2.49. The van der Waals surface area contributed by atoms with Crippen molar-refractivity contribution in [1.29, 1.82) is 0 Å². The molecule has 0 saturated carbocycles. The topological polar surface area (TPSA) is 71.1 Å². The van der Waals surface area contributed by atoms with Crippen molar-refractivity contribution in [2.24, 2.45) is 0 Å². The molecular weight excluding hydrogens is 298 g/mol. The van der Waals surface area contributed by atoms with Crippen molar-refractivity contribution in [2.45, 2.75) is 23.5 Å². The van der Waals surface area contributed by atoms with Crippen LogP contribution < -0.4 is 10.6 Å². The van der Waals surface area contributed by atoms with Gasteiger partial charge in [0.15, 0.2) is 4.75 Å². The molecule has 1 aliphatic rings. The van der Waals surface area contributed by atoms with Gasteiger partial charge in [0, 0.05) is 10.6 Å². The monoisotopic (exact) mass is 313 g/mol. The van der Waals surface area contributed by atoms with Gasteiger partial charge in [-0.15, -0.1) is 0 Å². The Bertz CT molecular complexity index is 763. The van der Waals surface area contributed by atoms with Crippen LogP contribution in [0.5, 0.6) is 0 Å². The van der Waals surface area contributed by atoms with Gasteiger partial charge in [0.05, 0.1) is 5.69 Å². The number of fused-ring (bicyclic) bond motifs is 1. The van der Waals surface area contributed by atoms with Gasteiger partial charge in [-0.2, -0.15) is 0 Å². The molecule has 0 radical (unpaired) electrons. The maximum atomic E-state index is 12.6. The number of nitrogens with one attached hydrogen (secondary N) is 2. The molecule has 22 heavy (non-hydrogen) atoms. The second-order valence-electron chi connectivity index (χ2n) is 5.20. The number of thioether (sulfide) groups is 1. The van der Waals surface area contributed by atoms with Crippen LogP contribution in [0.3, 0.4) is 0 Å². The van der Waals surface area contributed by atoms with Crippen molar-refractivity contribution in [3.63, 3.8) is 0 Å². The number of hydrogen-bond donors (Lipinski definition) is 2. The van der Waals surface area contributed by atoms with Gasteiger partial charge in [-0.1, -0.05) is 30.0 Å². The Morgan fingerprint density at radius 2 is 2.00 bits per heavy atom. The summed E-state index contributed by atoms with van der Waals surface area (Å²) in [6.45, 7) is 3.46. The fourth-order valence-corrected chi connectivity index (χ4v) is 3.27. The van der Waals surface area contributed by atoms with Crippen LogP contribution in [-0.4, -0.2) is 21.5 Å². The Morgan fingerprint density at radius 3 is 2.77 bits per heavy atom. The molecule has 1 unspecified atom stereocenters. The lowest BCUT2D eigenvalue weighted by Gasteiger charge is -2.31. The number of nitrogens with zero attached hydrogens (tertiary/aromatic N) is 1. The van der Waals surface area contributed by atoms with Gasteiger partial charge in [-0.25, -0.2) is 4.98 Å². The van der Waals surface area contributed by atoms with E-state index in [1.54, 1.807) is 13.0 Å². The zero-order valence-electron chi connectivity index (χ0n) is 12.2. The molecule has 2 amide bonds. The van der Waals surface area contributed by atoms with Gasteiger partial charge in [0.25, 0.3) is 5.91 Å². The van der Waals surface area contributed by atoms with E-state index in [9.17, 15) is 9.59 Å². The van der Waals surface area contributed by atoms with E-state index in [0.29, 0.717) is 5.82 Å². The number of rotatable bonds is 2. The molecule has 112 valence electrons. The summed E-state index contributed by atoms with van der Waals surface area (Å²) in [5, 5.41) is 5.51. The smallest absolute Gasteiger partial charge is 0.251 e. The lowest BCUT2D eigenvalue weighted by molar-refractivity contribution is -0.126. The molecule has 1 atom stereocenters. The quantitative estimate of drug-likeness (QED) is 0.836. The molecule has 2 N–H and O–H groups in total. The molecule has 1 aliphatic heterocycles. The average Bonchev–Trinajstić information content (AvgIpc) is 2.48. The van der Waals surface area contributed by atoms with Crippen molar-refractivity contribution >= 4 is 35.1 Å². The highest BCUT2D eigenvalue weighted by atomic mass is 32.2. The fourth-order valence-electron chi connectivity index (χ4n) is 2.16. The molecule has 1 aromatic carbocycles. The first-order valence-electron chi connectivity index (χ1n) is 6.84. The summed E-state index contributed by atoms with van der Waals surface area (Å²) in [7, 11) is 0. The van der Waals surface area contributed by atoms with E-state index in [0.717, 1.165) is 16.3 Å². The molecule has 0 spiro atoms. The van der Waals surface area contributed by atoms with E-state index in [1.165, 1.54) is 11.8 Å². The summed E-state index contributed by atoms with van der Waals surface area (Å²) >= 11 is 1.25. The van der Waals surface area contributed by atoms with Crippen LogP contribution in [0, 0.1) is 6.92 Å². The minimum atomic E-state index is -1.24. The van der Waals surface area contributed by atoms with Gasteiger partial charge < -0.3 is 10.6 Å². The second kappa shape index (κ2) is 5.46. The highest BCUT2D eigenvalue weighted by Crippen LogP contribution is 2.42. The van der Waals surface area contributed by atoms with Crippen LogP contribution in [-0.2, 0) is 9.59 Å². The summed E-state index contributed by atoms with van der Waals surface area (Å²) < 4.78 is -1.24. The van der Waals surface area contributed by atoms with Crippen molar-refractivity contribution < 1.29 is 9.59 Å². The summed E-state index contributed by atoms with van der Waals surface area (Å²) in [4.78, 5) is 30.1. The number of para-hydroxylation sites is 1. The Labute approximate surface area is 132 Å². The number of carbonyl (C=O) groups excluding carboxylic acids is 2. The first-order chi connectivity index (χ1) is 10.5. The molecular formula is C16H15N3O2S. The van der Waals surface area contributed by atoms with Gasteiger partial charge >= 0.3 is 0 Å². The number of anilines is 2. The number of hydrogen-bond acceptors (Lipinski definition) is 4. The molecule has 2 heterocycles. The standard InChI is InChI=1S/C16H15N3O2S/c1-10-6-5-9-13(17-10)19-15(21)16(2)14(20)18-11-7-3-4-8-12(11)22-16/h3-9H,1-2H3,(H,18,20)(H,17,19,21). The number of benzene rings is 1.